The van der Waals surface area contributed by atoms with E-state index in [9.17, 15) is 4.79 Å². The summed E-state index contributed by atoms with van der Waals surface area (Å²) in [6.07, 6.45) is 1.71. The number of methoxy groups -OCH3 is 1. The van der Waals surface area contributed by atoms with Crippen molar-refractivity contribution in [3.8, 4) is 5.75 Å². The molecule has 1 aromatic rings. The first-order valence-electron chi connectivity index (χ1n) is 7.40. The lowest BCUT2D eigenvalue weighted by molar-refractivity contribution is -0.146. The summed E-state index contributed by atoms with van der Waals surface area (Å²) in [6.45, 7) is 3.58. The smallest absolute Gasteiger partial charge is 0.328 e. The molecule has 1 aliphatic rings. The van der Waals surface area contributed by atoms with Crippen LogP contribution in [0.25, 0.3) is 0 Å². The second kappa shape index (κ2) is 7.88. The van der Waals surface area contributed by atoms with E-state index in [2.05, 4.69) is 5.32 Å². The number of nitrogens with one attached hydrogen (secondary N) is 1. The second-order valence-corrected chi connectivity index (χ2v) is 5.02. The SMILES string of the molecule is CCOC(=O)C(Nc1ccccc1OC)C1CCOCC1. The lowest BCUT2D eigenvalue weighted by Crippen LogP contribution is -2.41. The summed E-state index contributed by atoms with van der Waals surface area (Å²) in [7, 11) is 1.62. The number of rotatable bonds is 6. The maximum Gasteiger partial charge on any atom is 0.328 e. The molecule has 0 saturated carbocycles. The Kier molecular flexibility index (Phi) is 5.87. The third-order valence-electron chi connectivity index (χ3n) is 3.70. The van der Waals surface area contributed by atoms with Crippen molar-refractivity contribution in [1.82, 2.24) is 0 Å². The number of para-hydroxylation sites is 2. The predicted octanol–water partition coefficient (Wildman–Crippen LogP) is 2.47. The standard InChI is InChI=1S/C16H23NO4/c1-3-21-16(18)15(12-8-10-20-11-9-12)17-13-6-4-5-7-14(13)19-2/h4-7,12,15,17H,3,8-11H2,1-2H3. The van der Waals surface area contributed by atoms with E-state index >= 15 is 0 Å². The average molecular weight is 293 g/mol. The Morgan fingerprint density at radius 3 is 2.76 bits per heavy atom. The van der Waals surface area contributed by atoms with Crippen LogP contribution in [0.3, 0.4) is 0 Å². The van der Waals surface area contributed by atoms with E-state index in [1.165, 1.54) is 0 Å². The third kappa shape index (κ3) is 4.11. The maximum absolute atomic E-state index is 12.3. The quantitative estimate of drug-likeness (QED) is 0.817. The van der Waals surface area contributed by atoms with Crippen molar-refractivity contribution in [3.63, 3.8) is 0 Å². The number of ether oxygens (including phenoxy) is 3. The van der Waals surface area contributed by atoms with Crippen LogP contribution in [-0.2, 0) is 14.3 Å². The number of benzene rings is 1. The molecule has 1 N–H and O–H groups in total. The van der Waals surface area contributed by atoms with Gasteiger partial charge >= 0.3 is 5.97 Å². The monoisotopic (exact) mass is 293 g/mol. The van der Waals surface area contributed by atoms with Crippen LogP contribution < -0.4 is 10.1 Å². The molecule has 2 rings (SSSR count). The van der Waals surface area contributed by atoms with Crippen LogP contribution in [0.2, 0.25) is 0 Å². The summed E-state index contributed by atoms with van der Waals surface area (Å²) in [5, 5.41) is 3.30. The van der Waals surface area contributed by atoms with E-state index in [1.807, 2.05) is 31.2 Å². The van der Waals surface area contributed by atoms with E-state index in [4.69, 9.17) is 14.2 Å². The van der Waals surface area contributed by atoms with Crippen LogP contribution >= 0.6 is 0 Å². The van der Waals surface area contributed by atoms with Crippen LogP contribution in [0.1, 0.15) is 19.8 Å². The van der Waals surface area contributed by atoms with Gasteiger partial charge in [-0.2, -0.15) is 0 Å². The van der Waals surface area contributed by atoms with Gasteiger partial charge in [0.05, 0.1) is 19.4 Å². The molecule has 0 radical (unpaired) electrons. The summed E-state index contributed by atoms with van der Waals surface area (Å²) >= 11 is 0. The highest BCUT2D eigenvalue weighted by Gasteiger charge is 2.31. The Labute approximate surface area is 125 Å². The average Bonchev–Trinajstić information content (AvgIpc) is 2.54. The molecule has 21 heavy (non-hydrogen) atoms. The van der Waals surface area contributed by atoms with Gasteiger partial charge in [-0.15, -0.1) is 0 Å². The molecule has 1 unspecified atom stereocenters. The molecule has 1 aliphatic heterocycles. The Morgan fingerprint density at radius 1 is 1.38 bits per heavy atom. The van der Waals surface area contributed by atoms with Crippen molar-refractivity contribution in [2.75, 3.05) is 32.2 Å². The largest absolute Gasteiger partial charge is 0.495 e. The first-order chi connectivity index (χ1) is 10.3. The normalized spacial score (nSPS) is 17.0. The van der Waals surface area contributed by atoms with Crippen molar-refractivity contribution in [2.45, 2.75) is 25.8 Å². The summed E-state index contributed by atoms with van der Waals surface area (Å²) in [5.41, 5.74) is 0.810. The highest BCUT2D eigenvalue weighted by atomic mass is 16.5. The third-order valence-corrected chi connectivity index (χ3v) is 3.70. The molecule has 0 bridgehead atoms. The van der Waals surface area contributed by atoms with Crippen molar-refractivity contribution in [1.29, 1.82) is 0 Å². The zero-order valence-electron chi connectivity index (χ0n) is 12.6. The molecular weight excluding hydrogens is 270 g/mol. The van der Waals surface area contributed by atoms with Crippen LogP contribution in [0, 0.1) is 5.92 Å². The van der Waals surface area contributed by atoms with Crippen LogP contribution in [0.5, 0.6) is 5.75 Å². The number of anilines is 1. The molecule has 5 nitrogen and oxygen atoms in total. The highest BCUT2D eigenvalue weighted by Crippen LogP contribution is 2.28. The van der Waals surface area contributed by atoms with Crippen molar-refractivity contribution >= 4 is 11.7 Å². The molecule has 0 amide bonds. The van der Waals surface area contributed by atoms with Gasteiger partial charge in [0.15, 0.2) is 0 Å². The first-order valence-corrected chi connectivity index (χ1v) is 7.40. The number of hydrogen-bond donors (Lipinski definition) is 1. The van der Waals surface area contributed by atoms with Gasteiger partial charge in [0.2, 0.25) is 0 Å². The van der Waals surface area contributed by atoms with Crippen LogP contribution in [-0.4, -0.2) is 38.9 Å². The predicted molar refractivity (Wildman–Crippen MR) is 80.6 cm³/mol. The van der Waals surface area contributed by atoms with E-state index in [-0.39, 0.29) is 17.9 Å². The van der Waals surface area contributed by atoms with Gasteiger partial charge in [-0.3, -0.25) is 0 Å². The van der Waals surface area contributed by atoms with Gasteiger partial charge in [0, 0.05) is 13.2 Å². The summed E-state index contributed by atoms with van der Waals surface area (Å²) in [5.74, 6) is 0.719. The lowest BCUT2D eigenvalue weighted by atomic mass is 9.91. The Hall–Kier alpha value is -1.75. The fourth-order valence-corrected chi connectivity index (χ4v) is 2.58. The molecule has 116 valence electrons. The maximum atomic E-state index is 12.3. The van der Waals surface area contributed by atoms with Crippen LogP contribution in [0.4, 0.5) is 5.69 Å². The number of esters is 1. The molecule has 0 spiro atoms. The topological polar surface area (TPSA) is 56.8 Å². The minimum atomic E-state index is -0.370. The molecular formula is C16H23NO4. The fourth-order valence-electron chi connectivity index (χ4n) is 2.58. The van der Waals surface area contributed by atoms with Gasteiger partial charge in [-0.25, -0.2) is 4.79 Å². The first kappa shape index (κ1) is 15.6. The molecule has 0 aromatic heterocycles. The number of carbonyl (C=O) groups is 1. The molecule has 1 heterocycles. The van der Waals surface area contributed by atoms with Gasteiger partial charge in [-0.1, -0.05) is 12.1 Å². The summed E-state index contributed by atoms with van der Waals surface area (Å²) in [6, 6.07) is 7.22. The Bertz CT molecular complexity index is 457. The number of hydrogen-bond acceptors (Lipinski definition) is 5. The van der Waals surface area contributed by atoms with Crippen molar-refractivity contribution in [2.24, 2.45) is 5.92 Å². The van der Waals surface area contributed by atoms with Gasteiger partial charge in [0.25, 0.3) is 0 Å². The number of carbonyl (C=O) groups excluding carboxylic acids is 1. The van der Waals surface area contributed by atoms with E-state index in [0.29, 0.717) is 19.8 Å². The molecule has 1 saturated heterocycles. The van der Waals surface area contributed by atoms with E-state index in [1.54, 1.807) is 7.11 Å². The fraction of sp³-hybridized carbons (Fsp3) is 0.562. The minimum absolute atomic E-state index is 0.211. The van der Waals surface area contributed by atoms with Gasteiger partial charge in [0.1, 0.15) is 11.8 Å². The zero-order chi connectivity index (χ0) is 15.1. The molecule has 0 aliphatic carbocycles. The van der Waals surface area contributed by atoms with Crippen molar-refractivity contribution < 1.29 is 19.0 Å². The van der Waals surface area contributed by atoms with Crippen LogP contribution in [0.15, 0.2) is 24.3 Å². The van der Waals surface area contributed by atoms with Gasteiger partial charge in [-0.05, 0) is 37.8 Å². The summed E-state index contributed by atoms with van der Waals surface area (Å²) in [4.78, 5) is 12.3. The lowest BCUT2D eigenvalue weighted by Gasteiger charge is -2.30. The van der Waals surface area contributed by atoms with Crippen molar-refractivity contribution in [3.05, 3.63) is 24.3 Å². The van der Waals surface area contributed by atoms with E-state index < -0.39 is 0 Å². The highest BCUT2D eigenvalue weighted by molar-refractivity contribution is 5.80. The molecule has 1 atom stereocenters. The Balaban J connectivity index is 2.16. The molecule has 5 heteroatoms. The van der Waals surface area contributed by atoms with E-state index in [0.717, 1.165) is 24.3 Å². The zero-order valence-corrected chi connectivity index (χ0v) is 12.6. The molecule has 1 aromatic carbocycles. The summed E-state index contributed by atoms with van der Waals surface area (Å²) < 4.78 is 15.9. The molecule has 1 fully saturated rings. The Morgan fingerprint density at radius 2 is 2.10 bits per heavy atom. The minimum Gasteiger partial charge on any atom is -0.495 e. The second-order valence-electron chi connectivity index (χ2n) is 5.02. The van der Waals surface area contributed by atoms with Gasteiger partial charge < -0.3 is 19.5 Å².